The number of nitrogens with one attached hydrogen (secondary N) is 2. The van der Waals surface area contributed by atoms with Crippen LogP contribution in [0.25, 0.3) is 0 Å². The summed E-state index contributed by atoms with van der Waals surface area (Å²) in [5, 5.41) is 6.26. The second-order valence-corrected chi connectivity index (χ2v) is 4.53. The summed E-state index contributed by atoms with van der Waals surface area (Å²) in [4.78, 5) is 4.10. The van der Waals surface area contributed by atoms with E-state index >= 15 is 0 Å². The molecule has 21 heavy (non-hydrogen) atoms. The van der Waals surface area contributed by atoms with Gasteiger partial charge in [0, 0.05) is 20.1 Å². The van der Waals surface area contributed by atoms with Crippen molar-refractivity contribution >= 4 is 5.96 Å². The molecule has 5 heteroatoms. The van der Waals surface area contributed by atoms with Gasteiger partial charge in [0.1, 0.15) is 11.6 Å². The average Bonchev–Trinajstić information content (AvgIpc) is 2.51. The lowest BCUT2D eigenvalue weighted by molar-refractivity contribution is 0.626. The number of nitrogens with zero attached hydrogens (tertiary/aromatic N) is 1. The van der Waals surface area contributed by atoms with Crippen LogP contribution in [0.15, 0.2) is 53.5 Å². The van der Waals surface area contributed by atoms with Crippen molar-refractivity contribution in [2.45, 2.75) is 13.1 Å². The average molecular weight is 289 g/mol. The van der Waals surface area contributed by atoms with E-state index in [1.54, 1.807) is 31.3 Å². The first-order valence-electron chi connectivity index (χ1n) is 6.61. The van der Waals surface area contributed by atoms with Crippen molar-refractivity contribution in [3.63, 3.8) is 0 Å². The van der Waals surface area contributed by atoms with Crippen molar-refractivity contribution < 1.29 is 8.78 Å². The SMILES string of the molecule is CN=C(NCc1ccc(F)cc1)NCc1ccc(F)cc1. The van der Waals surface area contributed by atoms with Gasteiger partial charge in [-0.15, -0.1) is 0 Å². The molecular formula is C16H17F2N3. The molecule has 0 spiro atoms. The van der Waals surface area contributed by atoms with E-state index in [4.69, 9.17) is 0 Å². The van der Waals surface area contributed by atoms with Crippen molar-refractivity contribution in [2.75, 3.05) is 7.05 Å². The van der Waals surface area contributed by atoms with Gasteiger partial charge in [0.25, 0.3) is 0 Å². The summed E-state index contributed by atoms with van der Waals surface area (Å²) in [6.07, 6.45) is 0. The maximum absolute atomic E-state index is 12.8. The quantitative estimate of drug-likeness (QED) is 0.671. The van der Waals surface area contributed by atoms with Crippen LogP contribution in [-0.4, -0.2) is 13.0 Å². The summed E-state index contributed by atoms with van der Waals surface area (Å²) in [6.45, 7) is 1.09. The molecule has 110 valence electrons. The molecule has 0 fully saturated rings. The predicted octanol–water partition coefficient (Wildman–Crippen LogP) is 2.83. The third-order valence-corrected chi connectivity index (χ3v) is 2.97. The molecule has 0 saturated heterocycles. The van der Waals surface area contributed by atoms with Gasteiger partial charge in [-0.1, -0.05) is 24.3 Å². The lowest BCUT2D eigenvalue weighted by Crippen LogP contribution is -2.36. The molecule has 2 aromatic carbocycles. The van der Waals surface area contributed by atoms with Crippen LogP contribution in [-0.2, 0) is 13.1 Å². The maximum Gasteiger partial charge on any atom is 0.191 e. The first kappa shape index (κ1) is 15.0. The molecule has 0 heterocycles. The van der Waals surface area contributed by atoms with Crippen molar-refractivity contribution in [3.05, 3.63) is 71.3 Å². The zero-order valence-electron chi connectivity index (χ0n) is 11.7. The van der Waals surface area contributed by atoms with E-state index < -0.39 is 0 Å². The zero-order chi connectivity index (χ0) is 15.1. The largest absolute Gasteiger partial charge is 0.352 e. The number of halogens is 2. The topological polar surface area (TPSA) is 36.4 Å². The van der Waals surface area contributed by atoms with E-state index in [0.717, 1.165) is 11.1 Å². The minimum absolute atomic E-state index is 0.252. The van der Waals surface area contributed by atoms with E-state index in [0.29, 0.717) is 19.0 Å². The predicted molar refractivity (Wildman–Crippen MR) is 79.8 cm³/mol. The molecule has 0 aliphatic rings. The summed E-state index contributed by atoms with van der Waals surface area (Å²) in [6, 6.07) is 12.6. The molecule has 0 aliphatic carbocycles. The van der Waals surface area contributed by atoms with Crippen LogP contribution >= 0.6 is 0 Å². The van der Waals surface area contributed by atoms with Crippen LogP contribution in [0.4, 0.5) is 8.78 Å². The van der Waals surface area contributed by atoms with Gasteiger partial charge in [0.15, 0.2) is 5.96 Å². The first-order valence-corrected chi connectivity index (χ1v) is 6.61. The van der Waals surface area contributed by atoms with Gasteiger partial charge in [-0.3, -0.25) is 4.99 Å². The van der Waals surface area contributed by atoms with Gasteiger partial charge in [0.2, 0.25) is 0 Å². The molecule has 0 saturated carbocycles. The molecule has 2 aromatic rings. The smallest absolute Gasteiger partial charge is 0.191 e. The Balaban J connectivity index is 1.83. The standard InChI is InChI=1S/C16H17F2N3/c1-19-16(20-10-12-2-6-14(17)7-3-12)21-11-13-4-8-15(18)9-5-13/h2-9H,10-11H2,1H3,(H2,19,20,21). The monoisotopic (exact) mass is 289 g/mol. The van der Waals surface area contributed by atoms with E-state index in [2.05, 4.69) is 15.6 Å². The van der Waals surface area contributed by atoms with Gasteiger partial charge in [0.05, 0.1) is 0 Å². The molecule has 0 aliphatic heterocycles. The fourth-order valence-corrected chi connectivity index (χ4v) is 1.80. The molecule has 3 nitrogen and oxygen atoms in total. The normalized spacial score (nSPS) is 10.0. The highest BCUT2D eigenvalue weighted by molar-refractivity contribution is 5.79. The summed E-state index contributed by atoms with van der Waals surface area (Å²) < 4.78 is 25.6. The first-order chi connectivity index (χ1) is 10.2. The summed E-state index contributed by atoms with van der Waals surface area (Å²) in [7, 11) is 1.67. The van der Waals surface area contributed by atoms with Crippen LogP contribution in [0.3, 0.4) is 0 Å². The van der Waals surface area contributed by atoms with Gasteiger partial charge >= 0.3 is 0 Å². The lowest BCUT2D eigenvalue weighted by atomic mass is 10.2. The number of hydrogen-bond acceptors (Lipinski definition) is 1. The molecule has 0 bridgehead atoms. The van der Waals surface area contributed by atoms with Crippen LogP contribution < -0.4 is 10.6 Å². The second kappa shape index (κ2) is 7.38. The highest BCUT2D eigenvalue weighted by Gasteiger charge is 2.00. The Bertz CT molecular complexity index is 540. The molecular weight excluding hydrogens is 272 g/mol. The van der Waals surface area contributed by atoms with Crippen molar-refractivity contribution in [3.8, 4) is 0 Å². The third-order valence-electron chi connectivity index (χ3n) is 2.97. The minimum Gasteiger partial charge on any atom is -0.352 e. The van der Waals surface area contributed by atoms with E-state index in [1.807, 2.05) is 0 Å². The minimum atomic E-state index is -0.252. The lowest BCUT2D eigenvalue weighted by Gasteiger charge is -2.12. The van der Waals surface area contributed by atoms with E-state index in [1.165, 1.54) is 24.3 Å². The van der Waals surface area contributed by atoms with Gasteiger partial charge in [-0.05, 0) is 35.4 Å². The van der Waals surface area contributed by atoms with Crippen molar-refractivity contribution in [2.24, 2.45) is 4.99 Å². The molecule has 0 amide bonds. The Kier molecular flexibility index (Phi) is 5.26. The summed E-state index contributed by atoms with van der Waals surface area (Å²) in [5.74, 6) is 0.124. The molecule has 0 atom stereocenters. The second-order valence-electron chi connectivity index (χ2n) is 4.53. The van der Waals surface area contributed by atoms with E-state index in [-0.39, 0.29) is 11.6 Å². The number of guanidine groups is 1. The third kappa shape index (κ3) is 4.87. The highest BCUT2D eigenvalue weighted by atomic mass is 19.1. The molecule has 2 rings (SSSR count). The van der Waals surface area contributed by atoms with Crippen molar-refractivity contribution in [1.29, 1.82) is 0 Å². The maximum atomic E-state index is 12.8. The Morgan fingerprint density at radius 3 is 1.52 bits per heavy atom. The molecule has 2 N–H and O–H groups in total. The Morgan fingerprint density at radius 1 is 0.810 bits per heavy atom. The zero-order valence-corrected chi connectivity index (χ0v) is 11.7. The summed E-state index contributed by atoms with van der Waals surface area (Å²) in [5.41, 5.74) is 1.92. The van der Waals surface area contributed by atoms with Crippen LogP contribution in [0, 0.1) is 11.6 Å². The Labute approximate surface area is 122 Å². The Hall–Kier alpha value is -2.43. The summed E-state index contributed by atoms with van der Waals surface area (Å²) >= 11 is 0. The fourth-order valence-electron chi connectivity index (χ4n) is 1.80. The highest BCUT2D eigenvalue weighted by Crippen LogP contribution is 2.03. The van der Waals surface area contributed by atoms with Gasteiger partial charge in [-0.25, -0.2) is 8.78 Å². The number of aliphatic imine (C=N–C) groups is 1. The Morgan fingerprint density at radius 2 is 1.19 bits per heavy atom. The fraction of sp³-hybridized carbons (Fsp3) is 0.188. The number of benzene rings is 2. The van der Waals surface area contributed by atoms with Gasteiger partial charge in [-0.2, -0.15) is 0 Å². The molecule has 0 aromatic heterocycles. The van der Waals surface area contributed by atoms with Crippen molar-refractivity contribution in [1.82, 2.24) is 10.6 Å². The van der Waals surface area contributed by atoms with Crippen LogP contribution in [0.2, 0.25) is 0 Å². The van der Waals surface area contributed by atoms with Crippen LogP contribution in [0.1, 0.15) is 11.1 Å². The molecule has 0 radical (unpaired) electrons. The number of hydrogen-bond donors (Lipinski definition) is 2. The van der Waals surface area contributed by atoms with Gasteiger partial charge < -0.3 is 10.6 Å². The number of rotatable bonds is 4. The molecule has 0 unspecified atom stereocenters. The van der Waals surface area contributed by atoms with Crippen LogP contribution in [0.5, 0.6) is 0 Å². The van der Waals surface area contributed by atoms with E-state index in [9.17, 15) is 8.78 Å².